The van der Waals surface area contributed by atoms with Crippen molar-refractivity contribution in [2.24, 2.45) is 7.05 Å². The standard InChI is InChI=1S/C21H24N8O2/c1-22-18-9-17-16(11-23-18)21(13-10-24-28(2)12-13)27-29(17)14-3-5-15(6-4-14)31-20-8-7-19(30)25-26-20/h7-12,14-15H,3-6H2,1-2H3,(H,22,23)(H,25,30). The monoisotopic (exact) mass is 420 g/mol. The normalized spacial score (nSPS) is 18.9. The van der Waals surface area contributed by atoms with Crippen LogP contribution in [0.5, 0.6) is 5.88 Å². The van der Waals surface area contributed by atoms with Crippen molar-refractivity contribution in [1.82, 2.24) is 34.7 Å². The molecule has 1 aliphatic carbocycles. The number of hydrogen-bond acceptors (Lipinski definition) is 7. The molecule has 10 nitrogen and oxygen atoms in total. The molecule has 4 aromatic heterocycles. The van der Waals surface area contributed by atoms with E-state index in [1.54, 1.807) is 10.7 Å². The van der Waals surface area contributed by atoms with Crippen LogP contribution in [0.4, 0.5) is 5.82 Å². The number of nitrogens with one attached hydrogen (secondary N) is 2. The molecule has 1 aliphatic rings. The fourth-order valence-corrected chi connectivity index (χ4v) is 4.18. The number of H-pyrrole nitrogens is 1. The van der Waals surface area contributed by atoms with Gasteiger partial charge in [-0.3, -0.25) is 14.2 Å². The van der Waals surface area contributed by atoms with Crippen LogP contribution in [0, 0.1) is 0 Å². The predicted molar refractivity (Wildman–Crippen MR) is 116 cm³/mol. The van der Waals surface area contributed by atoms with Gasteiger partial charge in [-0.05, 0) is 25.7 Å². The van der Waals surface area contributed by atoms with E-state index in [2.05, 4.69) is 36.3 Å². The molecule has 1 saturated carbocycles. The Balaban J connectivity index is 1.41. The summed E-state index contributed by atoms with van der Waals surface area (Å²) in [7, 11) is 3.77. The molecule has 0 radical (unpaired) electrons. The molecular weight excluding hydrogens is 396 g/mol. The number of fused-ring (bicyclic) bond motifs is 1. The summed E-state index contributed by atoms with van der Waals surface area (Å²) in [6.45, 7) is 0. The van der Waals surface area contributed by atoms with Gasteiger partial charge in [0.1, 0.15) is 17.6 Å². The third-order valence-corrected chi connectivity index (χ3v) is 5.76. The highest BCUT2D eigenvalue weighted by Crippen LogP contribution is 2.36. The molecule has 4 aromatic rings. The third-order valence-electron chi connectivity index (χ3n) is 5.76. The molecule has 160 valence electrons. The average Bonchev–Trinajstić information content (AvgIpc) is 3.39. The predicted octanol–water partition coefficient (Wildman–Crippen LogP) is 2.52. The number of nitrogens with zero attached hydrogens (tertiary/aromatic N) is 6. The zero-order valence-corrected chi connectivity index (χ0v) is 17.4. The Hall–Kier alpha value is -3.69. The number of rotatable bonds is 5. The highest BCUT2D eigenvalue weighted by molar-refractivity contribution is 5.93. The number of anilines is 1. The van der Waals surface area contributed by atoms with E-state index in [0.29, 0.717) is 5.88 Å². The van der Waals surface area contributed by atoms with E-state index in [9.17, 15) is 4.79 Å². The number of aromatic amines is 1. The van der Waals surface area contributed by atoms with Gasteiger partial charge < -0.3 is 10.1 Å². The van der Waals surface area contributed by atoms with E-state index in [0.717, 1.165) is 53.7 Å². The van der Waals surface area contributed by atoms with Crippen molar-refractivity contribution >= 4 is 16.7 Å². The lowest BCUT2D eigenvalue weighted by Gasteiger charge is -2.29. The van der Waals surface area contributed by atoms with E-state index < -0.39 is 0 Å². The zero-order valence-electron chi connectivity index (χ0n) is 17.4. The molecule has 1 fully saturated rings. The lowest BCUT2D eigenvalue weighted by molar-refractivity contribution is 0.124. The molecule has 4 heterocycles. The first-order chi connectivity index (χ1) is 15.1. The van der Waals surface area contributed by atoms with Crippen LogP contribution < -0.4 is 15.6 Å². The van der Waals surface area contributed by atoms with Gasteiger partial charge in [0.15, 0.2) is 0 Å². The van der Waals surface area contributed by atoms with Gasteiger partial charge in [0, 0.05) is 55.6 Å². The van der Waals surface area contributed by atoms with E-state index in [4.69, 9.17) is 9.84 Å². The summed E-state index contributed by atoms with van der Waals surface area (Å²) in [6, 6.07) is 5.35. The summed E-state index contributed by atoms with van der Waals surface area (Å²) in [6.07, 6.45) is 9.41. The number of ether oxygens (including phenoxy) is 1. The minimum atomic E-state index is -0.235. The Morgan fingerprint density at radius 3 is 2.71 bits per heavy atom. The van der Waals surface area contributed by atoms with Crippen molar-refractivity contribution in [2.75, 3.05) is 12.4 Å². The Kier molecular flexibility index (Phi) is 4.89. The molecule has 2 N–H and O–H groups in total. The van der Waals surface area contributed by atoms with Crippen molar-refractivity contribution in [3.63, 3.8) is 0 Å². The van der Waals surface area contributed by atoms with Gasteiger partial charge >= 0.3 is 0 Å². The van der Waals surface area contributed by atoms with Gasteiger partial charge in [-0.1, -0.05) is 0 Å². The summed E-state index contributed by atoms with van der Waals surface area (Å²) in [5.74, 6) is 1.27. The fraction of sp³-hybridized carbons (Fsp3) is 0.381. The van der Waals surface area contributed by atoms with Crippen molar-refractivity contribution < 1.29 is 4.74 Å². The highest BCUT2D eigenvalue weighted by atomic mass is 16.5. The van der Waals surface area contributed by atoms with Gasteiger partial charge in [0.2, 0.25) is 5.88 Å². The SMILES string of the molecule is CNc1cc2c(cn1)c(-c1cnn(C)c1)nn2C1CCC(Oc2ccc(=O)[nH]n2)CC1. The largest absolute Gasteiger partial charge is 0.473 e. The maximum Gasteiger partial charge on any atom is 0.264 e. The Bertz CT molecular complexity index is 1250. The first-order valence-electron chi connectivity index (χ1n) is 10.4. The van der Waals surface area contributed by atoms with Crippen LogP contribution in [0.15, 0.2) is 41.6 Å². The molecule has 0 spiro atoms. The van der Waals surface area contributed by atoms with Crippen LogP contribution in [0.3, 0.4) is 0 Å². The molecule has 10 heteroatoms. The van der Waals surface area contributed by atoms with Gasteiger partial charge in [-0.2, -0.15) is 10.2 Å². The molecule has 0 atom stereocenters. The van der Waals surface area contributed by atoms with Crippen molar-refractivity contribution in [1.29, 1.82) is 0 Å². The quantitative estimate of drug-likeness (QED) is 0.510. The Labute approximate surface area is 178 Å². The molecule has 0 aromatic carbocycles. The van der Waals surface area contributed by atoms with Crippen LogP contribution in [-0.4, -0.2) is 47.9 Å². The first-order valence-corrected chi connectivity index (χ1v) is 10.4. The lowest BCUT2D eigenvalue weighted by atomic mass is 9.93. The second-order valence-electron chi connectivity index (χ2n) is 7.84. The average molecular weight is 420 g/mol. The molecule has 31 heavy (non-hydrogen) atoms. The topological polar surface area (TPSA) is 116 Å². The number of aromatic nitrogens is 7. The molecule has 0 unspecified atom stereocenters. The molecule has 0 saturated heterocycles. The van der Waals surface area contributed by atoms with Gasteiger partial charge in [-0.15, -0.1) is 5.10 Å². The zero-order chi connectivity index (χ0) is 21.4. The van der Waals surface area contributed by atoms with E-state index in [-0.39, 0.29) is 17.7 Å². The molecule has 0 amide bonds. The van der Waals surface area contributed by atoms with Crippen molar-refractivity contribution in [3.8, 4) is 17.1 Å². The lowest BCUT2D eigenvalue weighted by Crippen LogP contribution is -2.27. The van der Waals surface area contributed by atoms with E-state index in [1.165, 1.54) is 6.07 Å². The highest BCUT2D eigenvalue weighted by Gasteiger charge is 2.27. The number of aryl methyl sites for hydroxylation is 1. The number of pyridine rings is 1. The van der Waals surface area contributed by atoms with E-state index in [1.807, 2.05) is 32.7 Å². The second kappa shape index (κ2) is 7.86. The third kappa shape index (κ3) is 3.76. The van der Waals surface area contributed by atoms with Crippen LogP contribution >= 0.6 is 0 Å². The summed E-state index contributed by atoms with van der Waals surface area (Å²) in [5, 5.41) is 19.8. The summed E-state index contributed by atoms with van der Waals surface area (Å²) < 4.78 is 9.87. The van der Waals surface area contributed by atoms with Gasteiger partial charge in [0.25, 0.3) is 5.56 Å². The van der Waals surface area contributed by atoms with Crippen molar-refractivity contribution in [3.05, 3.63) is 47.1 Å². The van der Waals surface area contributed by atoms with Gasteiger partial charge in [-0.25, -0.2) is 10.1 Å². The number of hydrogen-bond donors (Lipinski definition) is 2. The minimum absolute atomic E-state index is 0.0730. The summed E-state index contributed by atoms with van der Waals surface area (Å²) in [5.41, 5.74) is 2.70. The van der Waals surface area contributed by atoms with Crippen LogP contribution in [0.2, 0.25) is 0 Å². The van der Waals surface area contributed by atoms with Crippen LogP contribution in [0.1, 0.15) is 31.7 Å². The fourth-order valence-electron chi connectivity index (χ4n) is 4.18. The minimum Gasteiger partial charge on any atom is -0.473 e. The smallest absolute Gasteiger partial charge is 0.264 e. The Morgan fingerprint density at radius 2 is 2.03 bits per heavy atom. The second-order valence-corrected chi connectivity index (χ2v) is 7.84. The molecular formula is C21H24N8O2. The maximum absolute atomic E-state index is 11.2. The van der Waals surface area contributed by atoms with Crippen LogP contribution in [-0.2, 0) is 7.05 Å². The maximum atomic E-state index is 11.2. The summed E-state index contributed by atoms with van der Waals surface area (Å²) in [4.78, 5) is 15.7. The molecule has 0 aliphatic heterocycles. The Morgan fingerprint density at radius 1 is 1.19 bits per heavy atom. The van der Waals surface area contributed by atoms with Crippen molar-refractivity contribution in [2.45, 2.75) is 37.8 Å². The molecule has 5 rings (SSSR count). The van der Waals surface area contributed by atoms with Gasteiger partial charge in [0.05, 0.1) is 17.8 Å². The van der Waals surface area contributed by atoms with Crippen LogP contribution in [0.25, 0.3) is 22.2 Å². The first kappa shape index (κ1) is 19.3. The van der Waals surface area contributed by atoms with E-state index >= 15 is 0 Å². The molecule has 0 bridgehead atoms. The summed E-state index contributed by atoms with van der Waals surface area (Å²) >= 11 is 0.